The molecule has 23 heavy (non-hydrogen) atoms. The van der Waals surface area contributed by atoms with Gasteiger partial charge in [0.05, 0.1) is 5.92 Å². The molecule has 2 N–H and O–H groups in total. The van der Waals surface area contributed by atoms with E-state index in [2.05, 4.69) is 15.5 Å². The van der Waals surface area contributed by atoms with Crippen LogP contribution < -0.4 is 5.32 Å². The number of aryl methyl sites for hydroxylation is 1. The van der Waals surface area contributed by atoms with Crippen molar-refractivity contribution in [1.29, 1.82) is 0 Å². The van der Waals surface area contributed by atoms with E-state index in [9.17, 15) is 18.0 Å². The minimum atomic E-state index is -4.31. The van der Waals surface area contributed by atoms with Crippen LogP contribution >= 0.6 is 12.2 Å². The first kappa shape index (κ1) is 18.0. The zero-order valence-corrected chi connectivity index (χ0v) is 13.8. The van der Waals surface area contributed by atoms with Gasteiger partial charge >= 0.3 is 6.18 Å². The fourth-order valence-electron chi connectivity index (χ4n) is 3.11. The van der Waals surface area contributed by atoms with Crippen molar-refractivity contribution in [2.24, 2.45) is 11.8 Å². The van der Waals surface area contributed by atoms with Crippen molar-refractivity contribution in [3.05, 3.63) is 10.6 Å². The highest BCUT2D eigenvalue weighted by Crippen LogP contribution is 2.41. The number of aromatic nitrogens is 3. The molecule has 1 aliphatic rings. The molecule has 1 aromatic heterocycles. The summed E-state index contributed by atoms with van der Waals surface area (Å²) in [6.45, 7) is 2.56. The van der Waals surface area contributed by atoms with E-state index in [0.29, 0.717) is 37.0 Å². The second kappa shape index (κ2) is 7.46. The van der Waals surface area contributed by atoms with Gasteiger partial charge in [0.15, 0.2) is 4.77 Å². The Bertz CT molecular complexity index is 596. The number of alkyl halides is 3. The highest BCUT2D eigenvalue weighted by atomic mass is 32.1. The van der Waals surface area contributed by atoms with Crippen LogP contribution in [-0.4, -0.2) is 33.4 Å². The first-order valence-electron chi connectivity index (χ1n) is 7.83. The second-order valence-corrected chi connectivity index (χ2v) is 6.17. The van der Waals surface area contributed by atoms with Crippen LogP contribution in [0.3, 0.4) is 0 Å². The van der Waals surface area contributed by atoms with E-state index >= 15 is 0 Å². The number of amides is 1. The number of nitrogens with zero attached hydrogens (tertiary/aromatic N) is 2. The van der Waals surface area contributed by atoms with E-state index in [4.69, 9.17) is 12.2 Å². The third-order valence-electron chi connectivity index (χ3n) is 4.31. The Morgan fingerprint density at radius 3 is 2.78 bits per heavy atom. The van der Waals surface area contributed by atoms with Crippen LogP contribution in [0.2, 0.25) is 0 Å². The maximum absolute atomic E-state index is 13.0. The number of H-pyrrole nitrogens is 1. The van der Waals surface area contributed by atoms with Crippen LogP contribution in [0.1, 0.15) is 38.4 Å². The molecule has 1 aromatic rings. The highest BCUT2D eigenvalue weighted by Gasteiger charge is 2.47. The van der Waals surface area contributed by atoms with E-state index in [0.717, 1.165) is 5.82 Å². The molecule has 0 radical (unpaired) electrons. The van der Waals surface area contributed by atoms with Gasteiger partial charge in [-0.2, -0.15) is 18.3 Å². The molecule has 130 valence electrons. The van der Waals surface area contributed by atoms with Gasteiger partial charge in [-0.05, 0) is 25.1 Å². The predicted octanol–water partition coefficient (Wildman–Crippen LogP) is 2.99. The first-order valence-corrected chi connectivity index (χ1v) is 8.24. The van der Waals surface area contributed by atoms with Crippen molar-refractivity contribution in [2.45, 2.75) is 51.7 Å². The molecule has 9 heteroatoms. The van der Waals surface area contributed by atoms with Crippen molar-refractivity contribution in [3.8, 4) is 0 Å². The minimum Gasteiger partial charge on any atom is -0.354 e. The first-order chi connectivity index (χ1) is 10.8. The molecule has 5 nitrogen and oxygen atoms in total. The van der Waals surface area contributed by atoms with Crippen LogP contribution in [0.25, 0.3) is 0 Å². The summed E-state index contributed by atoms with van der Waals surface area (Å²) in [5, 5.41) is 9.34. The molecule has 0 spiro atoms. The molecule has 1 fully saturated rings. The Balaban J connectivity index is 1.93. The standard InChI is InChI=1S/C14H21F3N4OS/c1-2-11-19-20-13(23)21(11)8-7-18-12(22)9-5-3-4-6-10(9)14(15,16)17/h9-10H,2-8H2,1H3,(H,18,22)(H,20,23)/t9-,10+/m0/s1. The molecular formula is C14H21F3N4OS. The number of hydrogen-bond acceptors (Lipinski definition) is 3. The van der Waals surface area contributed by atoms with Gasteiger partial charge in [0.2, 0.25) is 5.91 Å². The Morgan fingerprint density at radius 2 is 2.13 bits per heavy atom. The molecule has 0 unspecified atom stereocenters. The minimum absolute atomic E-state index is 0.0361. The summed E-state index contributed by atoms with van der Waals surface area (Å²) >= 11 is 5.09. The molecule has 0 aliphatic heterocycles. The molecule has 0 bridgehead atoms. The molecule has 1 aliphatic carbocycles. The average Bonchev–Trinajstić information content (AvgIpc) is 2.87. The smallest absolute Gasteiger partial charge is 0.354 e. The zero-order valence-electron chi connectivity index (χ0n) is 12.9. The Labute approximate surface area is 137 Å². The Kier molecular flexibility index (Phi) is 5.83. The highest BCUT2D eigenvalue weighted by molar-refractivity contribution is 7.71. The van der Waals surface area contributed by atoms with Gasteiger partial charge < -0.3 is 9.88 Å². The van der Waals surface area contributed by atoms with Crippen LogP contribution in [0, 0.1) is 16.6 Å². The van der Waals surface area contributed by atoms with Crippen LogP contribution in [0.15, 0.2) is 0 Å². The van der Waals surface area contributed by atoms with Gasteiger partial charge in [-0.25, -0.2) is 0 Å². The summed E-state index contributed by atoms with van der Waals surface area (Å²) in [6, 6.07) is 0. The number of rotatable bonds is 5. The maximum Gasteiger partial charge on any atom is 0.392 e. The molecule has 1 amide bonds. The summed E-state index contributed by atoms with van der Waals surface area (Å²) in [7, 11) is 0. The van der Waals surface area contributed by atoms with E-state index in [1.807, 2.05) is 6.92 Å². The molecule has 2 rings (SSSR count). The summed E-state index contributed by atoms with van der Waals surface area (Å²) in [4.78, 5) is 12.2. The second-order valence-electron chi connectivity index (χ2n) is 5.78. The SMILES string of the molecule is CCc1n[nH]c(=S)n1CCNC(=O)[C@H]1CCCC[C@H]1C(F)(F)F. The maximum atomic E-state index is 13.0. The Hall–Kier alpha value is -1.38. The van der Waals surface area contributed by atoms with Crippen molar-refractivity contribution in [2.75, 3.05) is 6.54 Å². The largest absolute Gasteiger partial charge is 0.392 e. The predicted molar refractivity (Wildman–Crippen MR) is 81.3 cm³/mol. The molecule has 0 aromatic carbocycles. The summed E-state index contributed by atoms with van der Waals surface area (Å²) in [5.74, 6) is -2.26. The lowest BCUT2D eigenvalue weighted by Gasteiger charge is -2.32. The fourth-order valence-corrected chi connectivity index (χ4v) is 3.35. The summed E-state index contributed by atoms with van der Waals surface area (Å²) in [6.07, 6.45) is -2.12. The van der Waals surface area contributed by atoms with Crippen LogP contribution in [0.4, 0.5) is 13.2 Å². The van der Waals surface area contributed by atoms with Crippen molar-refractivity contribution >= 4 is 18.1 Å². The number of aromatic amines is 1. The van der Waals surface area contributed by atoms with Crippen molar-refractivity contribution < 1.29 is 18.0 Å². The van der Waals surface area contributed by atoms with Gasteiger partial charge in [0.1, 0.15) is 5.82 Å². The summed E-state index contributed by atoms with van der Waals surface area (Å²) < 4.78 is 41.3. The van der Waals surface area contributed by atoms with Crippen LogP contribution in [-0.2, 0) is 17.8 Å². The lowest BCUT2D eigenvalue weighted by atomic mass is 9.78. The number of nitrogens with one attached hydrogen (secondary N) is 2. The third kappa shape index (κ3) is 4.33. The Morgan fingerprint density at radius 1 is 1.43 bits per heavy atom. The fraction of sp³-hybridized carbons (Fsp3) is 0.786. The van der Waals surface area contributed by atoms with Crippen LogP contribution in [0.5, 0.6) is 0 Å². The zero-order chi connectivity index (χ0) is 17.0. The normalized spacial score (nSPS) is 22.1. The lowest BCUT2D eigenvalue weighted by Crippen LogP contribution is -2.43. The number of carbonyl (C=O) groups is 1. The van der Waals surface area contributed by atoms with E-state index in [1.165, 1.54) is 0 Å². The molecule has 0 saturated heterocycles. The van der Waals surface area contributed by atoms with E-state index in [-0.39, 0.29) is 13.0 Å². The molecular weight excluding hydrogens is 329 g/mol. The average molecular weight is 350 g/mol. The van der Waals surface area contributed by atoms with E-state index in [1.54, 1.807) is 4.57 Å². The number of hydrogen-bond donors (Lipinski definition) is 2. The third-order valence-corrected chi connectivity index (χ3v) is 4.62. The molecule has 1 saturated carbocycles. The van der Waals surface area contributed by atoms with Gasteiger partial charge in [0, 0.05) is 25.4 Å². The monoisotopic (exact) mass is 350 g/mol. The number of carbonyl (C=O) groups excluding carboxylic acids is 1. The molecule has 1 heterocycles. The topological polar surface area (TPSA) is 62.7 Å². The molecule has 2 atom stereocenters. The van der Waals surface area contributed by atoms with Gasteiger partial charge in [-0.1, -0.05) is 19.8 Å². The quantitative estimate of drug-likeness (QED) is 0.803. The van der Waals surface area contributed by atoms with Crippen molar-refractivity contribution in [3.63, 3.8) is 0 Å². The van der Waals surface area contributed by atoms with Gasteiger partial charge in [-0.15, -0.1) is 0 Å². The summed E-state index contributed by atoms with van der Waals surface area (Å²) in [5.41, 5.74) is 0. The lowest BCUT2D eigenvalue weighted by molar-refractivity contribution is -0.198. The van der Waals surface area contributed by atoms with Gasteiger partial charge in [-0.3, -0.25) is 9.89 Å². The number of halogens is 3. The van der Waals surface area contributed by atoms with E-state index < -0.39 is 23.9 Å². The van der Waals surface area contributed by atoms with Gasteiger partial charge in [0.25, 0.3) is 0 Å². The van der Waals surface area contributed by atoms with Crippen molar-refractivity contribution in [1.82, 2.24) is 20.1 Å².